The maximum atomic E-state index is 12.6. The maximum absolute atomic E-state index is 12.6. The van der Waals surface area contributed by atoms with Crippen LogP contribution in [-0.2, 0) is 11.2 Å². The van der Waals surface area contributed by atoms with Crippen molar-refractivity contribution in [1.29, 1.82) is 0 Å². The van der Waals surface area contributed by atoms with Crippen molar-refractivity contribution >= 4 is 39.9 Å². The van der Waals surface area contributed by atoms with Crippen LogP contribution in [0, 0.1) is 5.92 Å². The number of nitrogens with zero attached hydrogens (tertiary/aromatic N) is 3. The van der Waals surface area contributed by atoms with E-state index in [1.54, 1.807) is 19.3 Å². The Morgan fingerprint density at radius 2 is 2.07 bits per heavy atom. The number of thiazole rings is 1. The molecule has 0 N–H and O–H groups in total. The van der Waals surface area contributed by atoms with Crippen molar-refractivity contribution in [3.63, 3.8) is 0 Å². The number of fused-ring (bicyclic) bond motifs is 1. The molecule has 2 aromatic heterocycles. The van der Waals surface area contributed by atoms with Gasteiger partial charge in [-0.25, -0.2) is 4.98 Å². The summed E-state index contributed by atoms with van der Waals surface area (Å²) in [5.41, 5.74) is 2.09. The minimum atomic E-state index is 0.0415. The molecule has 4 rings (SSSR count). The Hall–Kier alpha value is -2.31. The number of rotatable bonds is 6. The van der Waals surface area contributed by atoms with Gasteiger partial charge in [0.25, 0.3) is 0 Å². The molecule has 152 valence electrons. The number of ether oxygens (including phenoxy) is 1. The predicted octanol–water partition coefficient (Wildman–Crippen LogP) is 4.94. The Morgan fingerprint density at radius 1 is 1.31 bits per heavy atom. The number of hydrogen-bond acceptors (Lipinski definition) is 4. The molecule has 0 atom stereocenters. The molecular formula is C22H24ClN3O2S. The molecule has 0 spiro atoms. The molecule has 0 saturated carbocycles. The standard InChI is InChI=1S/C22H24ClN3O2S/c1-28-18-6-4-16(5-7-18)2-3-17-10-12-25(13-11-17)20(27)9-8-19-21(23)24-22-26(19)14-15-29-22/h4-9,14-15,17H,2-3,10-13H2,1H3/b9-8+. The fourth-order valence-corrected chi connectivity index (χ4v) is 4.79. The highest BCUT2D eigenvalue weighted by Crippen LogP contribution is 2.25. The molecule has 1 aliphatic heterocycles. The largest absolute Gasteiger partial charge is 0.497 e. The molecule has 0 radical (unpaired) electrons. The SMILES string of the molecule is COc1ccc(CCC2CCN(C(=O)/C=C/c3c(Cl)nc4sccn34)CC2)cc1. The molecule has 5 nitrogen and oxygen atoms in total. The summed E-state index contributed by atoms with van der Waals surface area (Å²) in [6, 6.07) is 8.29. The van der Waals surface area contributed by atoms with Crippen molar-refractivity contribution < 1.29 is 9.53 Å². The first-order valence-electron chi connectivity index (χ1n) is 9.85. The maximum Gasteiger partial charge on any atom is 0.246 e. The highest BCUT2D eigenvalue weighted by molar-refractivity contribution is 7.15. The molecule has 3 heterocycles. The van der Waals surface area contributed by atoms with Crippen molar-refractivity contribution in [2.45, 2.75) is 25.7 Å². The lowest BCUT2D eigenvalue weighted by Gasteiger charge is -2.31. The third kappa shape index (κ3) is 4.65. The van der Waals surface area contributed by atoms with Crippen LogP contribution < -0.4 is 4.74 Å². The molecule has 0 unspecified atom stereocenters. The fraction of sp³-hybridized carbons (Fsp3) is 0.364. The van der Waals surface area contributed by atoms with Crippen LogP contribution in [0.2, 0.25) is 5.15 Å². The van der Waals surface area contributed by atoms with Gasteiger partial charge in [0, 0.05) is 30.7 Å². The lowest BCUT2D eigenvalue weighted by molar-refractivity contribution is -0.127. The third-order valence-electron chi connectivity index (χ3n) is 5.56. The zero-order valence-corrected chi connectivity index (χ0v) is 18.0. The molecular weight excluding hydrogens is 406 g/mol. The summed E-state index contributed by atoms with van der Waals surface area (Å²) >= 11 is 7.71. The van der Waals surface area contributed by atoms with E-state index in [0.29, 0.717) is 11.1 Å². The van der Waals surface area contributed by atoms with Crippen molar-refractivity contribution in [3.05, 3.63) is 58.3 Å². The monoisotopic (exact) mass is 429 g/mol. The predicted molar refractivity (Wildman–Crippen MR) is 118 cm³/mol. The van der Waals surface area contributed by atoms with Crippen LogP contribution in [0.1, 0.15) is 30.5 Å². The molecule has 0 aliphatic carbocycles. The number of amides is 1. The number of piperidine rings is 1. The number of aryl methyl sites for hydroxylation is 1. The Kier molecular flexibility index (Phi) is 6.21. The first-order chi connectivity index (χ1) is 14.1. The van der Waals surface area contributed by atoms with Crippen molar-refractivity contribution in [2.24, 2.45) is 5.92 Å². The Balaban J connectivity index is 1.27. The second-order valence-corrected chi connectivity index (χ2v) is 8.56. The van der Waals surface area contributed by atoms with E-state index in [-0.39, 0.29) is 5.91 Å². The summed E-state index contributed by atoms with van der Waals surface area (Å²) in [6.07, 6.45) is 9.63. The topological polar surface area (TPSA) is 46.8 Å². The minimum absolute atomic E-state index is 0.0415. The number of imidazole rings is 1. The molecule has 0 bridgehead atoms. The zero-order valence-electron chi connectivity index (χ0n) is 16.4. The van der Waals surface area contributed by atoms with Crippen LogP contribution in [-0.4, -0.2) is 40.4 Å². The van der Waals surface area contributed by atoms with Gasteiger partial charge in [-0.05, 0) is 55.4 Å². The van der Waals surface area contributed by atoms with Gasteiger partial charge in [0.15, 0.2) is 10.1 Å². The summed E-state index contributed by atoms with van der Waals surface area (Å²) in [4.78, 5) is 19.6. The van der Waals surface area contributed by atoms with Crippen molar-refractivity contribution in [3.8, 4) is 5.75 Å². The first kappa shape index (κ1) is 20.0. The summed E-state index contributed by atoms with van der Waals surface area (Å²) < 4.78 is 7.12. The van der Waals surface area contributed by atoms with Gasteiger partial charge in [0.1, 0.15) is 5.75 Å². The Morgan fingerprint density at radius 3 is 2.79 bits per heavy atom. The Bertz CT molecular complexity index is 1000. The van der Waals surface area contributed by atoms with E-state index in [0.717, 1.165) is 55.2 Å². The lowest BCUT2D eigenvalue weighted by atomic mass is 9.90. The molecule has 1 fully saturated rings. The van der Waals surface area contributed by atoms with E-state index >= 15 is 0 Å². The third-order valence-corrected chi connectivity index (χ3v) is 6.60. The molecule has 1 aliphatic rings. The van der Waals surface area contributed by atoms with Gasteiger partial charge >= 0.3 is 0 Å². The van der Waals surface area contributed by atoms with E-state index in [1.807, 2.05) is 33.0 Å². The van der Waals surface area contributed by atoms with Crippen LogP contribution in [0.15, 0.2) is 41.9 Å². The van der Waals surface area contributed by atoms with Crippen LogP contribution in [0.3, 0.4) is 0 Å². The summed E-state index contributed by atoms with van der Waals surface area (Å²) in [6.45, 7) is 1.62. The van der Waals surface area contributed by atoms with Gasteiger partial charge in [-0.1, -0.05) is 23.7 Å². The molecule has 1 saturated heterocycles. The van der Waals surface area contributed by atoms with Gasteiger partial charge in [0.2, 0.25) is 5.91 Å². The number of methoxy groups -OCH3 is 1. The first-order valence-corrected chi connectivity index (χ1v) is 11.1. The summed E-state index contributed by atoms with van der Waals surface area (Å²) in [5, 5.41) is 2.38. The molecule has 7 heteroatoms. The van der Waals surface area contributed by atoms with Gasteiger partial charge in [-0.3, -0.25) is 9.20 Å². The van der Waals surface area contributed by atoms with Crippen LogP contribution >= 0.6 is 22.9 Å². The number of hydrogen-bond donors (Lipinski definition) is 0. The van der Waals surface area contributed by atoms with Gasteiger partial charge < -0.3 is 9.64 Å². The zero-order chi connectivity index (χ0) is 20.2. The van der Waals surface area contributed by atoms with Crippen molar-refractivity contribution in [1.82, 2.24) is 14.3 Å². The lowest BCUT2D eigenvalue weighted by Crippen LogP contribution is -2.37. The van der Waals surface area contributed by atoms with E-state index in [4.69, 9.17) is 16.3 Å². The minimum Gasteiger partial charge on any atom is -0.497 e. The number of carbonyl (C=O) groups is 1. The van der Waals surface area contributed by atoms with E-state index in [1.165, 1.54) is 16.9 Å². The number of benzene rings is 1. The quantitative estimate of drug-likeness (QED) is 0.521. The fourth-order valence-electron chi connectivity index (χ4n) is 3.79. The second kappa shape index (κ2) is 9.01. The van der Waals surface area contributed by atoms with E-state index in [2.05, 4.69) is 17.1 Å². The van der Waals surface area contributed by atoms with Gasteiger partial charge in [0.05, 0.1) is 12.8 Å². The van der Waals surface area contributed by atoms with E-state index < -0.39 is 0 Å². The highest BCUT2D eigenvalue weighted by atomic mass is 35.5. The summed E-state index contributed by atoms with van der Waals surface area (Å²) in [7, 11) is 1.69. The number of likely N-dealkylation sites (tertiary alicyclic amines) is 1. The Labute approximate surface area is 179 Å². The number of aromatic nitrogens is 2. The highest BCUT2D eigenvalue weighted by Gasteiger charge is 2.21. The van der Waals surface area contributed by atoms with Crippen LogP contribution in [0.5, 0.6) is 5.75 Å². The normalized spacial score (nSPS) is 15.4. The van der Waals surface area contributed by atoms with Crippen molar-refractivity contribution in [2.75, 3.05) is 20.2 Å². The van der Waals surface area contributed by atoms with Gasteiger partial charge in [-0.15, -0.1) is 11.3 Å². The molecule has 29 heavy (non-hydrogen) atoms. The molecule has 3 aromatic rings. The summed E-state index contributed by atoms with van der Waals surface area (Å²) in [5.74, 6) is 1.60. The van der Waals surface area contributed by atoms with Gasteiger partial charge in [-0.2, -0.15) is 0 Å². The molecule has 1 aromatic carbocycles. The number of carbonyl (C=O) groups excluding carboxylic acids is 1. The van der Waals surface area contributed by atoms with E-state index in [9.17, 15) is 4.79 Å². The van der Waals surface area contributed by atoms with Crippen LogP contribution in [0.25, 0.3) is 11.0 Å². The average Bonchev–Trinajstić information content (AvgIpc) is 3.32. The molecule has 1 amide bonds. The number of halogens is 1. The average molecular weight is 430 g/mol. The van der Waals surface area contributed by atoms with Crippen LogP contribution in [0.4, 0.5) is 0 Å². The second-order valence-electron chi connectivity index (χ2n) is 7.33. The smallest absolute Gasteiger partial charge is 0.246 e.